The van der Waals surface area contributed by atoms with E-state index in [-0.39, 0.29) is 6.23 Å². The van der Waals surface area contributed by atoms with Crippen molar-refractivity contribution in [2.24, 2.45) is 0 Å². The quantitative estimate of drug-likeness (QED) is 0.479. The minimum absolute atomic E-state index is 0.125. The zero-order valence-corrected chi connectivity index (χ0v) is 4.68. The molecule has 0 aromatic rings. The van der Waals surface area contributed by atoms with Crippen molar-refractivity contribution in [1.29, 1.82) is 0 Å². The molecule has 1 N–H and O–H groups in total. The Morgan fingerprint density at radius 2 is 2.75 bits per heavy atom. The van der Waals surface area contributed by atoms with E-state index < -0.39 is 0 Å². The lowest BCUT2D eigenvalue weighted by molar-refractivity contribution is 0.106. The van der Waals surface area contributed by atoms with Crippen LogP contribution >= 0.6 is 0 Å². The van der Waals surface area contributed by atoms with Crippen molar-refractivity contribution in [3.05, 3.63) is 0 Å². The van der Waals surface area contributed by atoms with Crippen LogP contribution in [0.5, 0.6) is 0 Å². The van der Waals surface area contributed by atoms with Crippen LogP contribution in [-0.2, 0) is 4.74 Å². The molecule has 1 rings (SSSR count). The fourth-order valence-corrected chi connectivity index (χ4v) is 0.718. The van der Waals surface area contributed by atoms with Crippen molar-refractivity contribution in [1.82, 2.24) is 5.32 Å². The summed E-state index contributed by atoms with van der Waals surface area (Å²) in [5.74, 6) is 2.52. The van der Waals surface area contributed by atoms with E-state index in [0.29, 0.717) is 6.42 Å². The van der Waals surface area contributed by atoms with Gasteiger partial charge in [0.2, 0.25) is 0 Å². The average molecular weight is 111 g/mol. The minimum Gasteiger partial charge on any atom is -0.361 e. The molecule has 1 fully saturated rings. The summed E-state index contributed by atoms with van der Waals surface area (Å²) in [5, 5.41) is 3.09. The lowest BCUT2D eigenvalue weighted by Gasteiger charge is -2.02. The smallest absolute Gasteiger partial charge is 0.119 e. The first-order valence-electron chi connectivity index (χ1n) is 2.72. The van der Waals surface area contributed by atoms with Gasteiger partial charge in [-0.1, -0.05) is 0 Å². The molecule has 0 aromatic carbocycles. The van der Waals surface area contributed by atoms with Gasteiger partial charge in [0.05, 0.1) is 6.61 Å². The Labute approximate surface area is 49.2 Å². The Bertz CT molecular complexity index is 99.6. The molecule has 8 heavy (non-hydrogen) atoms. The van der Waals surface area contributed by atoms with Crippen LogP contribution < -0.4 is 5.32 Å². The van der Waals surface area contributed by atoms with Gasteiger partial charge in [-0.3, -0.25) is 5.32 Å². The van der Waals surface area contributed by atoms with Gasteiger partial charge in [-0.25, -0.2) is 0 Å². The molecule has 1 atom stereocenters. The van der Waals surface area contributed by atoms with Crippen LogP contribution in [0.1, 0.15) is 6.42 Å². The van der Waals surface area contributed by atoms with Crippen LogP contribution in [0.15, 0.2) is 0 Å². The summed E-state index contributed by atoms with van der Waals surface area (Å²) in [4.78, 5) is 0. The van der Waals surface area contributed by atoms with Crippen molar-refractivity contribution in [2.75, 3.05) is 13.2 Å². The summed E-state index contributed by atoms with van der Waals surface area (Å²) in [6, 6.07) is 0. The summed E-state index contributed by atoms with van der Waals surface area (Å²) in [6.45, 7) is 1.73. The third-order valence-corrected chi connectivity index (χ3v) is 1.10. The molecule has 0 radical (unpaired) electrons. The third kappa shape index (κ3) is 1.22. The van der Waals surface area contributed by atoms with Crippen LogP contribution in [0.25, 0.3) is 0 Å². The zero-order chi connectivity index (χ0) is 5.82. The Balaban J connectivity index is 2.17. The lowest BCUT2D eigenvalue weighted by Crippen LogP contribution is -2.21. The van der Waals surface area contributed by atoms with Crippen LogP contribution in [0.4, 0.5) is 0 Å². The molecule has 2 nitrogen and oxygen atoms in total. The molecule has 1 heterocycles. The molecule has 1 saturated heterocycles. The Morgan fingerprint density at radius 3 is 3.25 bits per heavy atom. The van der Waals surface area contributed by atoms with E-state index in [1.54, 1.807) is 0 Å². The fourth-order valence-electron chi connectivity index (χ4n) is 0.718. The molecule has 0 aliphatic carbocycles. The van der Waals surface area contributed by atoms with E-state index in [1.165, 1.54) is 0 Å². The maximum Gasteiger partial charge on any atom is 0.119 e. The molecule has 0 aromatic heterocycles. The largest absolute Gasteiger partial charge is 0.361 e. The number of terminal acetylenes is 1. The number of ether oxygens (including phenoxy) is 1. The summed E-state index contributed by atoms with van der Waals surface area (Å²) in [6.07, 6.45) is 5.84. The topological polar surface area (TPSA) is 21.3 Å². The van der Waals surface area contributed by atoms with E-state index in [9.17, 15) is 0 Å². The average Bonchev–Trinajstić information content (AvgIpc) is 2.19. The first-order chi connectivity index (χ1) is 3.93. The maximum absolute atomic E-state index is 5.14. The number of hydrogen-bond donors (Lipinski definition) is 1. The van der Waals surface area contributed by atoms with Crippen molar-refractivity contribution >= 4 is 0 Å². The number of nitrogens with one attached hydrogen (secondary N) is 1. The van der Waals surface area contributed by atoms with Crippen molar-refractivity contribution in [3.63, 3.8) is 0 Å². The molecule has 1 aliphatic heterocycles. The normalized spacial score (nSPS) is 27.6. The molecule has 2 heteroatoms. The lowest BCUT2D eigenvalue weighted by atomic mass is 10.4. The summed E-state index contributed by atoms with van der Waals surface area (Å²) >= 11 is 0. The van der Waals surface area contributed by atoms with Crippen LogP contribution in [0.2, 0.25) is 0 Å². The SMILES string of the molecule is C#CCC1NCCO1. The highest BCUT2D eigenvalue weighted by atomic mass is 16.5. The second-order valence-corrected chi connectivity index (χ2v) is 1.72. The minimum atomic E-state index is 0.125. The van der Waals surface area contributed by atoms with E-state index >= 15 is 0 Å². The molecule has 1 unspecified atom stereocenters. The van der Waals surface area contributed by atoms with Gasteiger partial charge >= 0.3 is 0 Å². The Kier molecular flexibility index (Phi) is 1.90. The van der Waals surface area contributed by atoms with E-state index in [0.717, 1.165) is 13.2 Å². The Hall–Kier alpha value is -0.520. The van der Waals surface area contributed by atoms with Gasteiger partial charge in [0, 0.05) is 13.0 Å². The van der Waals surface area contributed by atoms with Crippen molar-refractivity contribution in [2.45, 2.75) is 12.6 Å². The highest BCUT2D eigenvalue weighted by molar-refractivity contribution is 4.87. The van der Waals surface area contributed by atoms with Gasteiger partial charge in [-0.2, -0.15) is 0 Å². The van der Waals surface area contributed by atoms with Gasteiger partial charge in [0.15, 0.2) is 0 Å². The molecule has 0 amide bonds. The van der Waals surface area contributed by atoms with Crippen molar-refractivity contribution < 1.29 is 4.74 Å². The number of rotatable bonds is 1. The summed E-state index contributed by atoms with van der Waals surface area (Å²) in [5.41, 5.74) is 0. The first kappa shape index (κ1) is 5.61. The van der Waals surface area contributed by atoms with E-state index in [2.05, 4.69) is 11.2 Å². The molecular weight excluding hydrogens is 102 g/mol. The first-order valence-corrected chi connectivity index (χ1v) is 2.72. The van der Waals surface area contributed by atoms with Gasteiger partial charge < -0.3 is 4.74 Å². The molecule has 0 bridgehead atoms. The van der Waals surface area contributed by atoms with E-state index in [4.69, 9.17) is 11.2 Å². The predicted octanol–water partition coefficient (Wildman–Crippen LogP) is -0.0444. The molecule has 1 aliphatic rings. The standard InChI is InChI=1S/C6H9NO/c1-2-3-6-7-4-5-8-6/h1,6-7H,3-5H2. The van der Waals surface area contributed by atoms with E-state index in [1.807, 2.05) is 0 Å². The molecule has 0 spiro atoms. The van der Waals surface area contributed by atoms with Gasteiger partial charge in [-0.15, -0.1) is 12.3 Å². The maximum atomic E-state index is 5.14. The van der Waals surface area contributed by atoms with Gasteiger partial charge in [0.25, 0.3) is 0 Å². The third-order valence-electron chi connectivity index (χ3n) is 1.10. The van der Waals surface area contributed by atoms with Crippen LogP contribution in [0.3, 0.4) is 0 Å². The molecule has 44 valence electrons. The van der Waals surface area contributed by atoms with Gasteiger partial charge in [0.1, 0.15) is 6.23 Å². The molecular formula is C6H9NO. The predicted molar refractivity (Wildman–Crippen MR) is 31.2 cm³/mol. The summed E-state index contributed by atoms with van der Waals surface area (Å²) < 4.78 is 5.14. The Morgan fingerprint density at radius 1 is 1.88 bits per heavy atom. The monoisotopic (exact) mass is 111 g/mol. The highest BCUT2D eigenvalue weighted by Crippen LogP contribution is 1.97. The van der Waals surface area contributed by atoms with Gasteiger partial charge in [-0.05, 0) is 0 Å². The fraction of sp³-hybridized carbons (Fsp3) is 0.667. The second-order valence-electron chi connectivity index (χ2n) is 1.72. The second kappa shape index (κ2) is 2.71. The molecule has 0 saturated carbocycles. The summed E-state index contributed by atoms with van der Waals surface area (Å²) in [7, 11) is 0. The zero-order valence-electron chi connectivity index (χ0n) is 4.68. The number of hydrogen-bond acceptors (Lipinski definition) is 2. The highest BCUT2D eigenvalue weighted by Gasteiger charge is 2.11. The van der Waals surface area contributed by atoms with Crippen LogP contribution in [-0.4, -0.2) is 19.4 Å². The van der Waals surface area contributed by atoms with Crippen LogP contribution in [0, 0.1) is 12.3 Å². The van der Waals surface area contributed by atoms with Crippen molar-refractivity contribution in [3.8, 4) is 12.3 Å².